The van der Waals surface area contributed by atoms with Crippen LogP contribution in [0.1, 0.15) is 13.8 Å². The van der Waals surface area contributed by atoms with E-state index in [1.807, 2.05) is 0 Å². The summed E-state index contributed by atoms with van der Waals surface area (Å²) in [6.07, 6.45) is 0. The van der Waals surface area contributed by atoms with Gasteiger partial charge in [0.1, 0.15) is 5.88 Å². The number of nitrogens with one attached hydrogen (secondary N) is 1. The number of halogens is 1. The maximum absolute atomic E-state index is 11.3. The molecular formula is C9H14ClNO5. The van der Waals surface area contributed by atoms with Crippen LogP contribution < -0.4 is 5.32 Å². The highest BCUT2D eigenvalue weighted by molar-refractivity contribution is 6.27. The van der Waals surface area contributed by atoms with Crippen LogP contribution in [0, 0.1) is 0 Å². The number of amides is 1. The fourth-order valence-electron chi connectivity index (χ4n) is 0.865. The molecule has 0 rings (SSSR count). The Morgan fingerprint density at radius 2 is 1.56 bits per heavy atom. The van der Waals surface area contributed by atoms with Crippen LogP contribution in [0.3, 0.4) is 0 Å². The van der Waals surface area contributed by atoms with Gasteiger partial charge >= 0.3 is 11.9 Å². The smallest absolute Gasteiger partial charge is 0.340 e. The maximum atomic E-state index is 11.3. The van der Waals surface area contributed by atoms with E-state index >= 15 is 0 Å². The average Bonchev–Trinajstić information content (AvgIpc) is 2.25. The number of hydrogen-bond acceptors (Lipinski definition) is 5. The molecule has 1 amide bonds. The van der Waals surface area contributed by atoms with Crippen LogP contribution in [0.2, 0.25) is 0 Å². The highest BCUT2D eigenvalue weighted by atomic mass is 35.5. The van der Waals surface area contributed by atoms with E-state index in [2.05, 4.69) is 14.8 Å². The summed E-state index contributed by atoms with van der Waals surface area (Å²) < 4.78 is 9.24. The molecule has 0 radical (unpaired) electrons. The van der Waals surface area contributed by atoms with Gasteiger partial charge in [0.25, 0.3) is 0 Å². The summed E-state index contributed by atoms with van der Waals surface area (Å²) in [4.78, 5) is 33.6. The van der Waals surface area contributed by atoms with Crippen LogP contribution in [0.25, 0.3) is 0 Å². The molecule has 0 atom stereocenters. The zero-order valence-electron chi connectivity index (χ0n) is 9.12. The standard InChI is InChI=1S/C9H14ClNO5/c1-3-15-8(13)7(9(14)16-4-2)11-6(12)5-10/h7H,3-5H2,1-2H3,(H,11,12). The van der Waals surface area contributed by atoms with Crippen molar-refractivity contribution < 1.29 is 23.9 Å². The maximum Gasteiger partial charge on any atom is 0.340 e. The number of alkyl halides is 1. The van der Waals surface area contributed by atoms with Gasteiger partial charge in [-0.15, -0.1) is 11.6 Å². The topological polar surface area (TPSA) is 81.7 Å². The van der Waals surface area contributed by atoms with Crippen LogP contribution in [0.5, 0.6) is 0 Å². The Balaban J connectivity index is 4.55. The molecule has 0 unspecified atom stereocenters. The van der Waals surface area contributed by atoms with Gasteiger partial charge in [0.2, 0.25) is 11.9 Å². The summed E-state index contributed by atoms with van der Waals surface area (Å²) >= 11 is 5.24. The lowest BCUT2D eigenvalue weighted by Crippen LogP contribution is -2.48. The molecule has 0 heterocycles. The van der Waals surface area contributed by atoms with Gasteiger partial charge in [-0.05, 0) is 13.8 Å². The van der Waals surface area contributed by atoms with E-state index in [-0.39, 0.29) is 19.1 Å². The minimum Gasteiger partial charge on any atom is -0.464 e. The normalized spacial score (nSPS) is 9.75. The average molecular weight is 252 g/mol. The predicted octanol–water partition coefficient (Wildman–Crippen LogP) is -0.164. The molecule has 0 aromatic heterocycles. The molecule has 16 heavy (non-hydrogen) atoms. The van der Waals surface area contributed by atoms with Crippen LogP contribution in [0.4, 0.5) is 0 Å². The number of carbonyl (C=O) groups excluding carboxylic acids is 3. The Morgan fingerprint density at radius 1 is 1.12 bits per heavy atom. The van der Waals surface area contributed by atoms with Gasteiger partial charge in [-0.1, -0.05) is 0 Å². The van der Waals surface area contributed by atoms with E-state index < -0.39 is 23.9 Å². The van der Waals surface area contributed by atoms with E-state index in [1.54, 1.807) is 13.8 Å². The van der Waals surface area contributed by atoms with Crippen molar-refractivity contribution in [3.05, 3.63) is 0 Å². The molecule has 0 bridgehead atoms. The largest absolute Gasteiger partial charge is 0.464 e. The predicted molar refractivity (Wildman–Crippen MR) is 55.9 cm³/mol. The molecule has 0 aromatic carbocycles. The number of hydrogen-bond donors (Lipinski definition) is 1. The number of rotatable bonds is 6. The minimum atomic E-state index is -1.45. The molecule has 0 saturated carbocycles. The van der Waals surface area contributed by atoms with Crippen LogP contribution in [0.15, 0.2) is 0 Å². The molecule has 1 N–H and O–H groups in total. The summed E-state index contributed by atoms with van der Waals surface area (Å²) in [5, 5.41) is 2.12. The zero-order valence-corrected chi connectivity index (χ0v) is 9.87. The van der Waals surface area contributed by atoms with Crippen LogP contribution >= 0.6 is 11.6 Å². The molecule has 0 spiro atoms. The van der Waals surface area contributed by atoms with Crippen molar-refractivity contribution in [1.82, 2.24) is 5.32 Å². The van der Waals surface area contributed by atoms with E-state index in [0.717, 1.165) is 0 Å². The summed E-state index contributed by atoms with van der Waals surface area (Å²) in [5.74, 6) is -2.72. The van der Waals surface area contributed by atoms with Gasteiger partial charge in [-0.3, -0.25) is 4.79 Å². The van der Waals surface area contributed by atoms with Crippen molar-refractivity contribution in [3.63, 3.8) is 0 Å². The first-order valence-corrected chi connectivity index (χ1v) is 5.28. The second-order valence-electron chi connectivity index (χ2n) is 2.64. The zero-order chi connectivity index (χ0) is 12.6. The van der Waals surface area contributed by atoms with Crippen molar-refractivity contribution in [2.24, 2.45) is 0 Å². The Kier molecular flexibility index (Phi) is 7.28. The molecular weight excluding hydrogens is 238 g/mol. The Labute approximate surface area is 98.2 Å². The first kappa shape index (κ1) is 14.7. The quantitative estimate of drug-likeness (QED) is 0.403. The number of esters is 2. The van der Waals surface area contributed by atoms with Crippen molar-refractivity contribution in [2.75, 3.05) is 19.1 Å². The monoisotopic (exact) mass is 251 g/mol. The highest BCUT2D eigenvalue weighted by Gasteiger charge is 2.30. The molecule has 0 saturated heterocycles. The minimum absolute atomic E-state index is 0.103. The first-order valence-electron chi connectivity index (χ1n) is 4.75. The lowest BCUT2D eigenvalue weighted by molar-refractivity contribution is -0.159. The number of ether oxygens (including phenoxy) is 2. The molecule has 92 valence electrons. The van der Waals surface area contributed by atoms with Crippen molar-refractivity contribution >= 4 is 29.4 Å². The third kappa shape index (κ3) is 4.97. The lowest BCUT2D eigenvalue weighted by atomic mass is 10.3. The van der Waals surface area contributed by atoms with Crippen molar-refractivity contribution in [3.8, 4) is 0 Å². The second-order valence-corrected chi connectivity index (χ2v) is 2.91. The fourth-order valence-corrected chi connectivity index (χ4v) is 0.942. The van der Waals surface area contributed by atoms with E-state index in [9.17, 15) is 14.4 Å². The van der Waals surface area contributed by atoms with Gasteiger partial charge in [0, 0.05) is 0 Å². The fraction of sp³-hybridized carbons (Fsp3) is 0.667. The molecule has 7 heteroatoms. The third-order valence-electron chi connectivity index (χ3n) is 1.47. The molecule has 6 nitrogen and oxygen atoms in total. The van der Waals surface area contributed by atoms with Gasteiger partial charge in [-0.25, -0.2) is 9.59 Å². The number of carbonyl (C=O) groups is 3. The van der Waals surface area contributed by atoms with E-state index in [4.69, 9.17) is 11.6 Å². The van der Waals surface area contributed by atoms with Gasteiger partial charge in [0.05, 0.1) is 13.2 Å². The second kappa shape index (κ2) is 7.92. The van der Waals surface area contributed by atoms with Crippen LogP contribution in [-0.2, 0) is 23.9 Å². The van der Waals surface area contributed by atoms with Gasteiger partial charge < -0.3 is 14.8 Å². The lowest BCUT2D eigenvalue weighted by Gasteiger charge is -2.14. The summed E-state index contributed by atoms with van der Waals surface area (Å²) in [6, 6.07) is -1.45. The molecule has 0 aromatic rings. The third-order valence-corrected chi connectivity index (χ3v) is 1.71. The van der Waals surface area contributed by atoms with Gasteiger partial charge in [0.15, 0.2) is 0 Å². The molecule has 0 aliphatic rings. The highest BCUT2D eigenvalue weighted by Crippen LogP contribution is 1.95. The Morgan fingerprint density at radius 3 is 1.88 bits per heavy atom. The first-order chi connectivity index (χ1) is 7.56. The summed E-state index contributed by atoms with van der Waals surface area (Å²) in [6.45, 7) is 3.38. The van der Waals surface area contributed by atoms with Gasteiger partial charge in [-0.2, -0.15) is 0 Å². The summed E-state index contributed by atoms with van der Waals surface area (Å²) in [5.41, 5.74) is 0. The van der Waals surface area contributed by atoms with Crippen molar-refractivity contribution in [2.45, 2.75) is 19.9 Å². The van der Waals surface area contributed by atoms with Crippen LogP contribution in [-0.4, -0.2) is 43.0 Å². The summed E-state index contributed by atoms with van der Waals surface area (Å²) in [7, 11) is 0. The SMILES string of the molecule is CCOC(=O)C(NC(=O)CCl)C(=O)OCC. The molecule has 0 fully saturated rings. The Bertz CT molecular complexity index is 251. The molecule has 0 aliphatic heterocycles. The van der Waals surface area contributed by atoms with E-state index in [1.165, 1.54) is 0 Å². The molecule has 0 aliphatic carbocycles. The Hall–Kier alpha value is -1.30. The van der Waals surface area contributed by atoms with E-state index in [0.29, 0.717) is 0 Å². The van der Waals surface area contributed by atoms with Crippen molar-refractivity contribution in [1.29, 1.82) is 0 Å².